The molecule has 2 aliphatic carbocycles. The van der Waals surface area contributed by atoms with Crippen LogP contribution in [-0.2, 0) is 30.0 Å². The van der Waals surface area contributed by atoms with Gasteiger partial charge >= 0.3 is 0 Å². The number of hydrogen-bond acceptors (Lipinski definition) is 8. The van der Waals surface area contributed by atoms with Gasteiger partial charge in [0, 0.05) is 52.8 Å². The molecule has 9 atom stereocenters. The first-order chi connectivity index (χ1) is 31.1. The number of carbonyl (C=O) groups excluding carboxylic acids is 4. The van der Waals surface area contributed by atoms with Crippen LogP contribution in [0.4, 0.5) is 5.69 Å². The van der Waals surface area contributed by atoms with Crippen LogP contribution in [0.25, 0.3) is 23.1 Å². The third-order valence-electron chi connectivity index (χ3n) is 20.0. The second-order valence-corrected chi connectivity index (χ2v) is 24.2. The molecule has 2 N–H and O–H groups in total. The fourth-order valence-electron chi connectivity index (χ4n) is 18.0. The largest absolute Gasteiger partial charge is 0.618 e. The number of nitrogens with one attached hydrogen (secondary N) is 1. The Bertz CT molecular complexity index is 3140. The molecule has 7 unspecified atom stereocenters. The minimum Gasteiger partial charge on any atom is -0.618 e. The molecule has 1 aromatic heterocycles. The molecular weight excluding hydrogens is 837 g/mol. The van der Waals surface area contributed by atoms with Gasteiger partial charge in [-0.3, -0.25) is 19.2 Å². The third-order valence-corrected chi connectivity index (χ3v) is 20.0. The first-order valence-corrected chi connectivity index (χ1v) is 24.1. The van der Waals surface area contributed by atoms with Crippen LogP contribution in [0.5, 0.6) is 11.5 Å². The maximum atomic E-state index is 16.8. The second kappa shape index (κ2) is 10.4. The molecule has 12 aliphatic heterocycles. The number of nitrogens with zero attached hydrogens (tertiary/aromatic N) is 5. The van der Waals surface area contributed by atoms with E-state index in [4.69, 9.17) is 9.47 Å². The fourth-order valence-corrected chi connectivity index (χ4v) is 18.0. The number of carbonyl (C=O) groups is 4. The molecule has 14 nitrogen and oxygen atoms in total. The highest BCUT2D eigenvalue weighted by molar-refractivity contribution is 6.18. The molecule has 9 saturated heterocycles. The van der Waals surface area contributed by atoms with Crippen molar-refractivity contribution in [2.75, 3.05) is 13.1 Å². The summed E-state index contributed by atoms with van der Waals surface area (Å²) < 4.78 is 15.5. The SMILES string of the molecule is CC1(C)C=Cc2c(ccc3c2[N+]([O-])=C2C(C)(C)C4C[C@]56CCCN5C(=O)C4(NC6=O)C4N5C(=O)C67CCCN6C(=O)C56C(C7)C(C)(C)c5c(c7ccc8c(c7n5O)C=CC(C)(C)O8)[C@H]6C234)O1. The number of piperidine rings is 4. The van der Waals surface area contributed by atoms with E-state index in [2.05, 4.69) is 33.0 Å². The average molecular weight is 891 g/mol. The lowest BCUT2D eigenvalue weighted by atomic mass is 9.39. The Hall–Kier alpha value is -5.79. The summed E-state index contributed by atoms with van der Waals surface area (Å²) >= 11 is 0. The van der Waals surface area contributed by atoms with Crippen LogP contribution < -0.4 is 14.8 Å². The molecular formula is C52H54N6O8. The topological polar surface area (TPSA) is 160 Å². The number of ether oxygens (including phenoxy) is 2. The number of hydrogen-bond donors (Lipinski definition) is 2. The maximum Gasteiger partial charge on any atom is 0.251 e. The van der Waals surface area contributed by atoms with E-state index in [0.29, 0.717) is 113 Å². The van der Waals surface area contributed by atoms with Gasteiger partial charge in [0.1, 0.15) is 50.3 Å². The maximum absolute atomic E-state index is 16.8. The van der Waals surface area contributed by atoms with Gasteiger partial charge in [0.15, 0.2) is 5.71 Å². The van der Waals surface area contributed by atoms with Gasteiger partial charge in [-0.05, 0) is 134 Å². The summed E-state index contributed by atoms with van der Waals surface area (Å²) in [6.07, 6.45) is 10.8. The third kappa shape index (κ3) is 3.39. The zero-order valence-electron chi connectivity index (χ0n) is 38.6. The van der Waals surface area contributed by atoms with Gasteiger partial charge in [-0.15, -0.1) is 0 Å². The molecule has 13 heterocycles. The zero-order chi connectivity index (χ0) is 45.8. The van der Waals surface area contributed by atoms with Crippen LogP contribution in [0.3, 0.4) is 0 Å². The van der Waals surface area contributed by atoms with Gasteiger partial charge in [0.05, 0.1) is 28.2 Å². The summed E-state index contributed by atoms with van der Waals surface area (Å²) in [4.78, 5) is 70.5. The van der Waals surface area contributed by atoms with Crippen molar-refractivity contribution in [2.24, 2.45) is 17.3 Å². The Labute approximate surface area is 381 Å². The van der Waals surface area contributed by atoms with E-state index in [-0.39, 0.29) is 23.6 Å². The normalized spacial score (nSPS) is 40.5. The standard InChI is InChI=1S/C52H54N6O8/c1-44(2)19-15-25-29(65-44)13-11-27-33-36-50-28-12-14-30-26(16-20-45(3,4)66-30)35(28)58(64)38(50)47(7,8)31-23-48-17-9-21-54(48)42(61)51(31,53-40(48)59)39(50)56-41(60)49-18-10-22-55(49)43(62)52(36,56)32(24-49)46(5,6)37(33)57(63)34(25)27/h11-16,19-20,31-32,36,39,63H,9-10,17-18,21-24H2,1-8H3,(H,53,59)/t31?,32?,36-,39?,48-,49?,50?,51?,52?/m0/s1. The van der Waals surface area contributed by atoms with Gasteiger partial charge in [0.2, 0.25) is 23.4 Å². The molecule has 17 rings (SSSR count). The highest BCUT2D eigenvalue weighted by atomic mass is 16.5. The lowest BCUT2D eigenvalue weighted by molar-refractivity contribution is -0.367. The lowest BCUT2D eigenvalue weighted by Crippen LogP contribution is -2.93. The Morgan fingerprint density at radius 2 is 1.38 bits per heavy atom. The lowest BCUT2D eigenvalue weighted by Gasteiger charge is -2.70. The molecule has 14 heteroatoms. The van der Waals surface area contributed by atoms with Gasteiger partial charge < -0.3 is 39.9 Å². The van der Waals surface area contributed by atoms with Gasteiger partial charge in [0.25, 0.3) is 5.91 Å². The van der Waals surface area contributed by atoms with Crippen LogP contribution in [0, 0.1) is 22.5 Å². The summed E-state index contributed by atoms with van der Waals surface area (Å²) in [6.45, 7) is 17.0. The van der Waals surface area contributed by atoms with E-state index < -0.39 is 73.4 Å². The number of fused-ring (bicyclic) bond motifs is 10. The molecule has 14 aliphatic rings. The molecule has 4 amide bonds. The molecule has 1 saturated carbocycles. The van der Waals surface area contributed by atoms with Gasteiger partial charge in [-0.2, -0.15) is 9.47 Å². The molecule has 5 spiro atoms. The van der Waals surface area contributed by atoms with E-state index in [0.717, 1.165) is 4.74 Å². The van der Waals surface area contributed by atoms with E-state index in [1.165, 1.54) is 4.73 Å². The monoisotopic (exact) mass is 890 g/mol. The number of rotatable bonds is 0. The molecule has 2 aromatic carbocycles. The fraction of sp³-hybridized carbons (Fsp3) is 0.558. The zero-order valence-corrected chi connectivity index (χ0v) is 38.6. The molecule has 340 valence electrons. The van der Waals surface area contributed by atoms with Crippen molar-refractivity contribution < 1.29 is 38.6 Å². The summed E-state index contributed by atoms with van der Waals surface area (Å²) in [5, 5.41) is 33.8. The molecule has 10 fully saturated rings. The highest BCUT2D eigenvalue weighted by Crippen LogP contribution is 2.81. The predicted molar refractivity (Wildman–Crippen MR) is 240 cm³/mol. The van der Waals surface area contributed by atoms with Crippen molar-refractivity contribution >= 4 is 58.1 Å². The summed E-state index contributed by atoms with van der Waals surface area (Å²) in [6, 6.07) is 6.54. The van der Waals surface area contributed by atoms with E-state index in [1.807, 2.05) is 86.1 Å². The molecule has 66 heavy (non-hydrogen) atoms. The number of piperazine rings is 2. The Kier molecular flexibility index (Phi) is 6.01. The Morgan fingerprint density at radius 1 is 0.758 bits per heavy atom. The number of benzene rings is 2. The first-order valence-electron chi connectivity index (χ1n) is 24.1. The molecule has 4 bridgehead atoms. The average Bonchev–Trinajstić information content (AvgIpc) is 4.05. The van der Waals surface area contributed by atoms with Crippen molar-refractivity contribution in [3.05, 3.63) is 69.6 Å². The summed E-state index contributed by atoms with van der Waals surface area (Å²) in [7, 11) is 0. The minimum absolute atomic E-state index is 0.176. The van der Waals surface area contributed by atoms with Crippen molar-refractivity contribution in [3.63, 3.8) is 0 Å². The van der Waals surface area contributed by atoms with E-state index in [1.54, 1.807) is 4.90 Å². The first kappa shape index (κ1) is 38.3. The van der Waals surface area contributed by atoms with Crippen molar-refractivity contribution in [2.45, 2.75) is 150 Å². The van der Waals surface area contributed by atoms with E-state index in [9.17, 15) is 5.21 Å². The quantitative estimate of drug-likeness (QED) is 0.163. The minimum atomic E-state index is -1.73. The Morgan fingerprint density at radius 3 is 2.09 bits per heavy atom. The van der Waals surface area contributed by atoms with Crippen molar-refractivity contribution in [1.29, 1.82) is 0 Å². The number of aromatic nitrogens is 1. The summed E-state index contributed by atoms with van der Waals surface area (Å²) in [5.74, 6) is -1.92. The van der Waals surface area contributed by atoms with Crippen molar-refractivity contribution in [1.82, 2.24) is 24.7 Å². The second-order valence-electron chi connectivity index (χ2n) is 24.2. The van der Waals surface area contributed by atoms with Crippen LogP contribution >= 0.6 is 0 Å². The molecule has 3 aromatic rings. The van der Waals surface area contributed by atoms with Gasteiger partial charge in [-0.1, -0.05) is 13.8 Å². The predicted octanol–water partition coefficient (Wildman–Crippen LogP) is 5.79. The highest BCUT2D eigenvalue weighted by Gasteiger charge is 2.95. The Balaban J connectivity index is 1.16. The van der Waals surface area contributed by atoms with Crippen LogP contribution in [0.1, 0.15) is 128 Å². The summed E-state index contributed by atoms with van der Waals surface area (Å²) in [5.41, 5.74) is -6.07. The van der Waals surface area contributed by atoms with Crippen molar-refractivity contribution in [3.8, 4) is 11.5 Å². The van der Waals surface area contributed by atoms with Crippen LogP contribution in [-0.4, -0.2) is 111 Å². The van der Waals surface area contributed by atoms with Gasteiger partial charge in [-0.25, -0.2) is 0 Å². The van der Waals surface area contributed by atoms with Crippen LogP contribution in [0.2, 0.25) is 0 Å². The van der Waals surface area contributed by atoms with E-state index >= 15 is 24.4 Å². The molecule has 0 radical (unpaired) electrons. The van der Waals surface area contributed by atoms with Crippen LogP contribution in [0.15, 0.2) is 36.4 Å². The smallest absolute Gasteiger partial charge is 0.251 e. The number of amides is 4.